The van der Waals surface area contributed by atoms with E-state index < -0.39 is 0 Å². The SMILES string of the molecule is CCN(CC)[C@H](CNC(=O)[C@@H]1C[C@H]1C)c1ccccc1. The maximum atomic E-state index is 12.0. The molecule has 1 amide bonds. The molecule has 3 nitrogen and oxygen atoms in total. The number of rotatable bonds is 7. The quantitative estimate of drug-likeness (QED) is 0.829. The smallest absolute Gasteiger partial charge is 0.223 e. The Morgan fingerprint density at radius 1 is 1.30 bits per heavy atom. The van der Waals surface area contributed by atoms with E-state index in [4.69, 9.17) is 0 Å². The van der Waals surface area contributed by atoms with Gasteiger partial charge >= 0.3 is 0 Å². The molecule has 0 unspecified atom stereocenters. The number of hydrogen-bond acceptors (Lipinski definition) is 2. The zero-order chi connectivity index (χ0) is 14.5. The number of carbonyl (C=O) groups is 1. The minimum absolute atomic E-state index is 0.227. The van der Waals surface area contributed by atoms with Gasteiger partial charge in [0.25, 0.3) is 0 Å². The Hall–Kier alpha value is -1.35. The lowest BCUT2D eigenvalue weighted by Gasteiger charge is -2.30. The summed E-state index contributed by atoms with van der Waals surface area (Å²) in [5.41, 5.74) is 1.28. The second-order valence-electron chi connectivity index (χ2n) is 5.71. The first-order chi connectivity index (χ1) is 9.67. The summed E-state index contributed by atoms with van der Waals surface area (Å²) in [6.45, 7) is 9.17. The van der Waals surface area contributed by atoms with Gasteiger partial charge in [0, 0.05) is 12.5 Å². The molecule has 0 heterocycles. The molecule has 20 heavy (non-hydrogen) atoms. The van der Waals surface area contributed by atoms with Crippen molar-refractivity contribution in [2.45, 2.75) is 33.2 Å². The van der Waals surface area contributed by atoms with E-state index in [1.165, 1.54) is 5.56 Å². The monoisotopic (exact) mass is 274 g/mol. The van der Waals surface area contributed by atoms with E-state index in [0.717, 1.165) is 19.5 Å². The molecule has 1 saturated carbocycles. The molecule has 1 N–H and O–H groups in total. The van der Waals surface area contributed by atoms with Crippen LogP contribution in [0.3, 0.4) is 0 Å². The van der Waals surface area contributed by atoms with Gasteiger partial charge in [-0.05, 0) is 31.0 Å². The van der Waals surface area contributed by atoms with Gasteiger partial charge in [0.1, 0.15) is 0 Å². The van der Waals surface area contributed by atoms with Crippen LogP contribution in [-0.4, -0.2) is 30.4 Å². The summed E-state index contributed by atoms with van der Waals surface area (Å²) in [7, 11) is 0. The van der Waals surface area contributed by atoms with Crippen LogP contribution >= 0.6 is 0 Å². The van der Waals surface area contributed by atoms with Crippen LogP contribution < -0.4 is 5.32 Å². The van der Waals surface area contributed by atoms with E-state index in [1.807, 2.05) is 6.07 Å². The third-order valence-corrected chi connectivity index (χ3v) is 4.35. The molecule has 3 heteroatoms. The van der Waals surface area contributed by atoms with Crippen LogP contribution in [0.25, 0.3) is 0 Å². The minimum Gasteiger partial charge on any atom is -0.354 e. The number of amides is 1. The third-order valence-electron chi connectivity index (χ3n) is 4.35. The first kappa shape index (κ1) is 15.0. The summed E-state index contributed by atoms with van der Waals surface area (Å²) in [5, 5.41) is 3.14. The Labute approximate surface area is 122 Å². The molecular weight excluding hydrogens is 248 g/mol. The molecule has 3 atom stereocenters. The first-order valence-corrected chi connectivity index (χ1v) is 7.74. The molecule has 2 rings (SSSR count). The molecule has 0 aliphatic heterocycles. The highest BCUT2D eigenvalue weighted by Gasteiger charge is 2.39. The van der Waals surface area contributed by atoms with Gasteiger partial charge in [-0.1, -0.05) is 51.1 Å². The fourth-order valence-corrected chi connectivity index (χ4v) is 2.81. The van der Waals surface area contributed by atoms with Gasteiger partial charge in [0.05, 0.1) is 6.04 Å². The molecule has 1 aromatic rings. The second-order valence-corrected chi connectivity index (χ2v) is 5.71. The summed E-state index contributed by atoms with van der Waals surface area (Å²) in [5.74, 6) is 1.05. The third kappa shape index (κ3) is 3.60. The number of nitrogens with one attached hydrogen (secondary N) is 1. The highest BCUT2D eigenvalue weighted by atomic mass is 16.2. The molecule has 110 valence electrons. The average Bonchev–Trinajstić information content (AvgIpc) is 3.21. The van der Waals surface area contributed by atoms with Gasteiger partial charge < -0.3 is 5.32 Å². The number of carbonyl (C=O) groups excluding carboxylic acids is 1. The van der Waals surface area contributed by atoms with E-state index in [9.17, 15) is 4.79 Å². The average molecular weight is 274 g/mol. The van der Waals surface area contributed by atoms with Crippen molar-refractivity contribution in [2.24, 2.45) is 11.8 Å². The zero-order valence-corrected chi connectivity index (χ0v) is 12.8. The Kier molecular flexibility index (Phi) is 5.18. The van der Waals surface area contributed by atoms with Gasteiger partial charge in [-0.15, -0.1) is 0 Å². The van der Waals surface area contributed by atoms with Gasteiger partial charge in [0.15, 0.2) is 0 Å². The minimum atomic E-state index is 0.227. The lowest BCUT2D eigenvalue weighted by Crippen LogP contribution is -2.38. The second kappa shape index (κ2) is 6.89. The van der Waals surface area contributed by atoms with Crippen LogP contribution in [0, 0.1) is 11.8 Å². The molecule has 0 spiro atoms. The first-order valence-electron chi connectivity index (χ1n) is 7.74. The molecule has 0 saturated heterocycles. The van der Waals surface area contributed by atoms with Gasteiger partial charge in [-0.3, -0.25) is 9.69 Å². The number of likely N-dealkylation sites (N-methyl/N-ethyl adjacent to an activating group) is 1. The summed E-state index contributed by atoms with van der Waals surface area (Å²) in [4.78, 5) is 14.4. The van der Waals surface area contributed by atoms with Crippen molar-refractivity contribution in [1.82, 2.24) is 10.2 Å². The fraction of sp³-hybridized carbons (Fsp3) is 0.588. The molecule has 1 aliphatic rings. The Balaban J connectivity index is 2.01. The predicted octanol–water partition coefficient (Wildman–Crippen LogP) is 2.84. The van der Waals surface area contributed by atoms with Crippen LogP contribution in [0.5, 0.6) is 0 Å². The molecule has 1 fully saturated rings. The number of benzene rings is 1. The summed E-state index contributed by atoms with van der Waals surface area (Å²) in [6, 6.07) is 10.7. The molecule has 0 aromatic heterocycles. The predicted molar refractivity (Wildman–Crippen MR) is 82.4 cm³/mol. The van der Waals surface area contributed by atoms with Crippen LogP contribution in [0.1, 0.15) is 38.8 Å². The maximum absolute atomic E-state index is 12.0. The van der Waals surface area contributed by atoms with Crippen molar-refractivity contribution in [3.63, 3.8) is 0 Å². The number of hydrogen-bond donors (Lipinski definition) is 1. The maximum Gasteiger partial charge on any atom is 0.223 e. The summed E-state index contributed by atoms with van der Waals surface area (Å²) < 4.78 is 0. The van der Waals surface area contributed by atoms with Crippen molar-refractivity contribution >= 4 is 5.91 Å². The van der Waals surface area contributed by atoms with E-state index in [1.54, 1.807) is 0 Å². The highest BCUT2D eigenvalue weighted by molar-refractivity contribution is 5.81. The normalized spacial score (nSPS) is 22.6. The number of nitrogens with zero attached hydrogens (tertiary/aromatic N) is 1. The fourth-order valence-electron chi connectivity index (χ4n) is 2.81. The van der Waals surface area contributed by atoms with Crippen LogP contribution in [0.2, 0.25) is 0 Å². The van der Waals surface area contributed by atoms with Crippen LogP contribution in [0.4, 0.5) is 0 Å². The van der Waals surface area contributed by atoms with Crippen LogP contribution in [0.15, 0.2) is 30.3 Å². The van der Waals surface area contributed by atoms with Crippen molar-refractivity contribution in [2.75, 3.05) is 19.6 Å². The molecular formula is C17H26N2O. The van der Waals surface area contributed by atoms with E-state index in [0.29, 0.717) is 12.5 Å². The van der Waals surface area contributed by atoms with Crippen molar-refractivity contribution < 1.29 is 4.79 Å². The van der Waals surface area contributed by atoms with E-state index >= 15 is 0 Å². The standard InChI is InChI=1S/C17H26N2O/c1-4-19(5-2)16(14-9-7-6-8-10-14)12-18-17(20)15-11-13(15)3/h6-10,13,15-16H,4-5,11-12H2,1-3H3,(H,18,20)/t13-,15-,16-/m1/s1. The molecule has 0 radical (unpaired) electrons. The van der Waals surface area contributed by atoms with E-state index in [2.05, 4.69) is 55.3 Å². The van der Waals surface area contributed by atoms with E-state index in [-0.39, 0.29) is 17.9 Å². The largest absolute Gasteiger partial charge is 0.354 e. The molecule has 1 aliphatic carbocycles. The lowest BCUT2D eigenvalue weighted by molar-refractivity contribution is -0.122. The van der Waals surface area contributed by atoms with Crippen molar-refractivity contribution in [1.29, 1.82) is 0 Å². The zero-order valence-electron chi connectivity index (χ0n) is 12.8. The van der Waals surface area contributed by atoms with Crippen molar-refractivity contribution in [3.8, 4) is 0 Å². The Morgan fingerprint density at radius 3 is 2.40 bits per heavy atom. The van der Waals surface area contributed by atoms with Crippen molar-refractivity contribution in [3.05, 3.63) is 35.9 Å². The van der Waals surface area contributed by atoms with Gasteiger partial charge in [0.2, 0.25) is 5.91 Å². The summed E-state index contributed by atoms with van der Waals surface area (Å²) in [6.07, 6.45) is 1.05. The highest BCUT2D eigenvalue weighted by Crippen LogP contribution is 2.37. The molecule has 0 bridgehead atoms. The lowest BCUT2D eigenvalue weighted by atomic mass is 10.0. The Morgan fingerprint density at radius 2 is 1.90 bits per heavy atom. The Bertz CT molecular complexity index is 428. The van der Waals surface area contributed by atoms with Crippen LogP contribution in [-0.2, 0) is 4.79 Å². The van der Waals surface area contributed by atoms with Gasteiger partial charge in [-0.2, -0.15) is 0 Å². The summed E-state index contributed by atoms with van der Waals surface area (Å²) >= 11 is 0. The van der Waals surface area contributed by atoms with Gasteiger partial charge in [-0.25, -0.2) is 0 Å². The topological polar surface area (TPSA) is 32.3 Å². The molecule has 1 aromatic carbocycles.